The molecular formula is C23H28N4O4. The molecule has 3 heterocycles. The number of furan rings is 1. The third-order valence-corrected chi connectivity index (χ3v) is 5.45. The minimum Gasteiger partial charge on any atom is -0.497 e. The first-order valence-electron chi connectivity index (χ1n) is 10.5. The lowest BCUT2D eigenvalue weighted by atomic mass is 10.2. The molecule has 0 bridgehead atoms. The second-order valence-corrected chi connectivity index (χ2v) is 7.48. The highest BCUT2D eigenvalue weighted by Gasteiger charge is 2.22. The van der Waals surface area contributed by atoms with E-state index >= 15 is 0 Å². The summed E-state index contributed by atoms with van der Waals surface area (Å²) in [6, 6.07) is 11.4. The van der Waals surface area contributed by atoms with Crippen molar-refractivity contribution in [3.63, 3.8) is 0 Å². The smallest absolute Gasteiger partial charge is 0.289 e. The lowest BCUT2D eigenvalue weighted by Crippen LogP contribution is -2.43. The van der Waals surface area contributed by atoms with E-state index in [1.54, 1.807) is 30.3 Å². The maximum atomic E-state index is 13.1. The van der Waals surface area contributed by atoms with Gasteiger partial charge in [-0.2, -0.15) is 0 Å². The Morgan fingerprint density at radius 2 is 2.00 bits per heavy atom. The van der Waals surface area contributed by atoms with Crippen LogP contribution in [0.3, 0.4) is 0 Å². The van der Waals surface area contributed by atoms with Gasteiger partial charge < -0.3 is 23.4 Å². The molecule has 1 aliphatic rings. The molecule has 1 fully saturated rings. The van der Waals surface area contributed by atoms with E-state index in [4.69, 9.17) is 13.9 Å². The van der Waals surface area contributed by atoms with Crippen LogP contribution in [0.5, 0.6) is 5.75 Å². The van der Waals surface area contributed by atoms with E-state index in [0.29, 0.717) is 25.4 Å². The summed E-state index contributed by atoms with van der Waals surface area (Å²) in [5, 5.41) is 0. The number of hydrogen-bond acceptors (Lipinski definition) is 6. The van der Waals surface area contributed by atoms with Crippen LogP contribution in [-0.4, -0.2) is 71.8 Å². The van der Waals surface area contributed by atoms with E-state index in [0.717, 1.165) is 50.0 Å². The fourth-order valence-electron chi connectivity index (χ4n) is 3.63. The number of carbonyl (C=O) groups is 1. The van der Waals surface area contributed by atoms with Crippen molar-refractivity contribution in [3.8, 4) is 5.75 Å². The fraction of sp³-hybridized carbons (Fsp3) is 0.391. The summed E-state index contributed by atoms with van der Waals surface area (Å²) < 4.78 is 18.1. The van der Waals surface area contributed by atoms with E-state index in [9.17, 15) is 4.79 Å². The van der Waals surface area contributed by atoms with Gasteiger partial charge in [0, 0.05) is 45.1 Å². The maximum absolute atomic E-state index is 13.1. The van der Waals surface area contributed by atoms with Crippen molar-refractivity contribution >= 4 is 5.91 Å². The van der Waals surface area contributed by atoms with Crippen molar-refractivity contribution in [2.24, 2.45) is 0 Å². The molecular weight excluding hydrogens is 396 g/mol. The van der Waals surface area contributed by atoms with Gasteiger partial charge in [-0.15, -0.1) is 0 Å². The second kappa shape index (κ2) is 10.3. The van der Waals surface area contributed by atoms with Gasteiger partial charge in [0.25, 0.3) is 5.91 Å². The van der Waals surface area contributed by atoms with Crippen LogP contribution in [0.1, 0.15) is 21.9 Å². The molecule has 164 valence electrons. The van der Waals surface area contributed by atoms with Crippen molar-refractivity contribution in [1.29, 1.82) is 0 Å². The van der Waals surface area contributed by atoms with Crippen LogP contribution in [0, 0.1) is 0 Å². The predicted octanol–water partition coefficient (Wildman–Crippen LogP) is 2.51. The summed E-state index contributed by atoms with van der Waals surface area (Å²) in [6.07, 6.45) is 5.24. The predicted molar refractivity (Wildman–Crippen MR) is 115 cm³/mol. The highest BCUT2D eigenvalue weighted by Crippen LogP contribution is 2.15. The summed E-state index contributed by atoms with van der Waals surface area (Å²) in [5.74, 6) is 1.87. The zero-order valence-corrected chi connectivity index (χ0v) is 17.8. The minimum atomic E-state index is -0.128. The monoisotopic (exact) mass is 424 g/mol. The van der Waals surface area contributed by atoms with Crippen molar-refractivity contribution in [1.82, 2.24) is 19.4 Å². The molecule has 0 atom stereocenters. The molecule has 4 rings (SSSR count). The van der Waals surface area contributed by atoms with Gasteiger partial charge >= 0.3 is 0 Å². The number of benzene rings is 1. The number of nitrogens with zero attached hydrogens (tertiary/aromatic N) is 4. The van der Waals surface area contributed by atoms with Crippen LogP contribution in [0.15, 0.2) is 59.5 Å². The first-order valence-corrected chi connectivity index (χ1v) is 10.5. The molecule has 31 heavy (non-hydrogen) atoms. The van der Waals surface area contributed by atoms with Crippen molar-refractivity contribution in [2.45, 2.75) is 13.1 Å². The van der Waals surface area contributed by atoms with Gasteiger partial charge in [0.1, 0.15) is 11.6 Å². The van der Waals surface area contributed by atoms with Crippen molar-refractivity contribution in [3.05, 3.63) is 72.2 Å². The van der Waals surface area contributed by atoms with Crippen LogP contribution in [0.2, 0.25) is 0 Å². The van der Waals surface area contributed by atoms with E-state index in [2.05, 4.69) is 14.5 Å². The van der Waals surface area contributed by atoms with Gasteiger partial charge in [-0.3, -0.25) is 9.69 Å². The van der Waals surface area contributed by atoms with Gasteiger partial charge in [0.05, 0.1) is 33.1 Å². The summed E-state index contributed by atoms with van der Waals surface area (Å²) in [6.45, 7) is 5.70. The SMILES string of the molecule is COc1ccc(Cn2ccnc2CN(CCN2CCOCC2)C(=O)c2ccco2)cc1. The highest BCUT2D eigenvalue weighted by atomic mass is 16.5. The lowest BCUT2D eigenvalue weighted by molar-refractivity contribution is 0.0314. The molecule has 0 N–H and O–H groups in total. The molecule has 1 aliphatic heterocycles. The first kappa shape index (κ1) is 21.1. The molecule has 0 unspecified atom stereocenters. The zero-order valence-electron chi connectivity index (χ0n) is 17.8. The van der Waals surface area contributed by atoms with E-state index in [-0.39, 0.29) is 5.91 Å². The molecule has 2 aromatic heterocycles. The minimum absolute atomic E-state index is 0.128. The van der Waals surface area contributed by atoms with E-state index in [1.165, 1.54) is 6.26 Å². The van der Waals surface area contributed by atoms with Crippen LogP contribution >= 0.6 is 0 Å². The lowest BCUT2D eigenvalue weighted by Gasteiger charge is -2.29. The topological polar surface area (TPSA) is 73.0 Å². The highest BCUT2D eigenvalue weighted by molar-refractivity contribution is 5.91. The Hall–Kier alpha value is -3.10. The Kier molecular flexibility index (Phi) is 7.01. The molecule has 0 saturated carbocycles. The average Bonchev–Trinajstić information content (AvgIpc) is 3.50. The van der Waals surface area contributed by atoms with Gasteiger partial charge in [0.15, 0.2) is 5.76 Å². The number of amides is 1. The molecule has 1 aromatic carbocycles. The number of hydrogen-bond donors (Lipinski definition) is 0. The molecule has 8 heteroatoms. The Balaban J connectivity index is 1.46. The quantitative estimate of drug-likeness (QED) is 0.526. The maximum Gasteiger partial charge on any atom is 0.289 e. The molecule has 3 aromatic rings. The standard InChI is InChI=1S/C23H28N4O4/c1-29-20-6-4-19(5-7-20)17-26-9-8-24-22(26)18-27(23(28)21-3-2-14-31-21)11-10-25-12-15-30-16-13-25/h2-9,14H,10-13,15-18H2,1H3. The number of rotatable bonds is 9. The van der Waals surface area contributed by atoms with Gasteiger partial charge in [0.2, 0.25) is 0 Å². The average molecular weight is 425 g/mol. The second-order valence-electron chi connectivity index (χ2n) is 7.48. The molecule has 0 aliphatic carbocycles. The Morgan fingerprint density at radius 3 is 2.71 bits per heavy atom. The van der Waals surface area contributed by atoms with Gasteiger partial charge in [-0.05, 0) is 29.8 Å². The molecule has 0 spiro atoms. The Labute approximate surface area is 182 Å². The van der Waals surface area contributed by atoms with Gasteiger partial charge in [-0.25, -0.2) is 4.98 Å². The van der Waals surface area contributed by atoms with Gasteiger partial charge in [-0.1, -0.05) is 12.1 Å². The summed E-state index contributed by atoms with van der Waals surface area (Å²) >= 11 is 0. The summed E-state index contributed by atoms with van der Waals surface area (Å²) in [5.41, 5.74) is 1.14. The Bertz CT molecular complexity index is 946. The van der Waals surface area contributed by atoms with E-state index in [1.807, 2.05) is 30.5 Å². The zero-order chi connectivity index (χ0) is 21.5. The normalized spacial score (nSPS) is 14.5. The molecule has 8 nitrogen and oxygen atoms in total. The van der Waals surface area contributed by atoms with Crippen LogP contribution in [0.4, 0.5) is 0 Å². The number of carbonyl (C=O) groups excluding carboxylic acids is 1. The van der Waals surface area contributed by atoms with Crippen molar-refractivity contribution in [2.75, 3.05) is 46.5 Å². The van der Waals surface area contributed by atoms with E-state index < -0.39 is 0 Å². The number of ether oxygens (including phenoxy) is 2. The summed E-state index contributed by atoms with van der Waals surface area (Å²) in [4.78, 5) is 21.7. The van der Waals surface area contributed by atoms with Crippen molar-refractivity contribution < 1.29 is 18.7 Å². The molecule has 1 amide bonds. The molecule has 1 saturated heterocycles. The fourth-order valence-corrected chi connectivity index (χ4v) is 3.63. The third-order valence-electron chi connectivity index (χ3n) is 5.45. The Morgan fingerprint density at radius 1 is 1.19 bits per heavy atom. The van der Waals surface area contributed by atoms with Crippen LogP contribution in [0.25, 0.3) is 0 Å². The largest absolute Gasteiger partial charge is 0.497 e. The number of methoxy groups -OCH3 is 1. The number of morpholine rings is 1. The first-order chi connectivity index (χ1) is 15.2. The number of aromatic nitrogens is 2. The number of imidazole rings is 1. The van der Waals surface area contributed by atoms with Crippen LogP contribution in [-0.2, 0) is 17.8 Å². The summed E-state index contributed by atoms with van der Waals surface area (Å²) in [7, 11) is 1.66. The van der Waals surface area contributed by atoms with Crippen LogP contribution < -0.4 is 4.74 Å². The molecule has 0 radical (unpaired) electrons. The third kappa shape index (κ3) is 5.53.